The Kier molecular flexibility index (Phi) is 4.55. The first-order valence-corrected chi connectivity index (χ1v) is 5.44. The van der Waals surface area contributed by atoms with Gasteiger partial charge in [0.1, 0.15) is 0 Å². The van der Waals surface area contributed by atoms with Crippen LogP contribution in [-0.2, 0) is 16.0 Å². The van der Waals surface area contributed by atoms with Gasteiger partial charge in [-0.1, -0.05) is 0 Å². The molecule has 0 aromatic carbocycles. The minimum absolute atomic E-state index is 0.235. The Morgan fingerprint density at radius 1 is 1.60 bits per heavy atom. The molecular formula is C10H13BrN2O2. The minimum atomic E-state index is -0.235. The van der Waals surface area contributed by atoms with Crippen molar-refractivity contribution in [2.75, 3.05) is 19.0 Å². The van der Waals surface area contributed by atoms with Gasteiger partial charge in [-0.25, -0.2) is 0 Å². The lowest BCUT2D eigenvalue weighted by Crippen LogP contribution is -2.10. The van der Waals surface area contributed by atoms with Crippen molar-refractivity contribution in [3.8, 4) is 0 Å². The van der Waals surface area contributed by atoms with E-state index in [1.165, 1.54) is 0 Å². The van der Waals surface area contributed by atoms with Gasteiger partial charge in [0.2, 0.25) is 0 Å². The topological polar surface area (TPSA) is 51.2 Å². The van der Waals surface area contributed by atoms with Gasteiger partial charge in [-0.3, -0.25) is 9.78 Å². The van der Waals surface area contributed by atoms with E-state index in [1.807, 2.05) is 0 Å². The van der Waals surface area contributed by atoms with E-state index in [1.54, 1.807) is 26.4 Å². The summed E-state index contributed by atoms with van der Waals surface area (Å²) in [5.74, 6) is -0.235. The van der Waals surface area contributed by atoms with Crippen molar-refractivity contribution in [2.24, 2.45) is 0 Å². The number of rotatable bonds is 4. The highest BCUT2D eigenvalue weighted by atomic mass is 79.9. The summed E-state index contributed by atoms with van der Waals surface area (Å²) in [5, 5.41) is 2.98. The van der Waals surface area contributed by atoms with E-state index in [9.17, 15) is 4.79 Å². The van der Waals surface area contributed by atoms with Crippen LogP contribution in [0.2, 0.25) is 0 Å². The number of aromatic nitrogens is 1. The van der Waals surface area contributed by atoms with E-state index in [4.69, 9.17) is 4.74 Å². The molecule has 0 aliphatic heterocycles. The first-order chi connectivity index (χ1) is 7.19. The molecule has 1 aromatic heterocycles. The predicted molar refractivity (Wildman–Crippen MR) is 61.8 cm³/mol. The molecule has 4 nitrogen and oxygen atoms in total. The normalized spacial score (nSPS) is 9.80. The summed E-state index contributed by atoms with van der Waals surface area (Å²) in [5.41, 5.74) is 1.70. The van der Waals surface area contributed by atoms with Gasteiger partial charge in [0.05, 0.1) is 24.9 Å². The first kappa shape index (κ1) is 12.0. The molecule has 0 spiro atoms. The van der Waals surface area contributed by atoms with Crippen molar-refractivity contribution in [3.63, 3.8) is 0 Å². The maximum Gasteiger partial charge on any atom is 0.310 e. The average Bonchev–Trinajstić information content (AvgIpc) is 2.21. The summed E-state index contributed by atoms with van der Waals surface area (Å²) in [7, 11) is 1.79. The van der Waals surface area contributed by atoms with Gasteiger partial charge in [-0.15, -0.1) is 0 Å². The fourth-order valence-corrected chi connectivity index (χ4v) is 1.69. The van der Waals surface area contributed by atoms with E-state index >= 15 is 0 Å². The van der Waals surface area contributed by atoms with Crippen LogP contribution in [-0.4, -0.2) is 24.6 Å². The molecule has 15 heavy (non-hydrogen) atoms. The van der Waals surface area contributed by atoms with Crippen LogP contribution in [0.3, 0.4) is 0 Å². The molecule has 0 saturated carbocycles. The zero-order chi connectivity index (χ0) is 11.3. The lowest BCUT2D eigenvalue weighted by Gasteiger charge is -2.09. The standard InChI is InChI=1S/C10H13BrN2O2/c1-3-15-10(14)4-7-8(11)5-13-6-9(7)12-2/h5-6,12H,3-4H2,1-2H3. The number of carbonyl (C=O) groups is 1. The summed E-state index contributed by atoms with van der Waals surface area (Å²) in [6.45, 7) is 2.19. The highest BCUT2D eigenvalue weighted by molar-refractivity contribution is 9.10. The second-order valence-electron chi connectivity index (χ2n) is 2.88. The van der Waals surface area contributed by atoms with Gasteiger partial charge in [0.25, 0.3) is 0 Å². The van der Waals surface area contributed by atoms with E-state index in [0.717, 1.165) is 15.7 Å². The molecule has 1 heterocycles. The van der Waals surface area contributed by atoms with Gasteiger partial charge in [-0.05, 0) is 22.9 Å². The third-order valence-corrected chi connectivity index (χ3v) is 2.58. The van der Waals surface area contributed by atoms with E-state index in [2.05, 4.69) is 26.2 Å². The minimum Gasteiger partial charge on any atom is -0.466 e. The van der Waals surface area contributed by atoms with Crippen LogP contribution in [0.15, 0.2) is 16.9 Å². The van der Waals surface area contributed by atoms with E-state index in [-0.39, 0.29) is 12.4 Å². The summed E-state index contributed by atoms with van der Waals surface area (Å²) >= 11 is 3.36. The molecular weight excluding hydrogens is 260 g/mol. The molecule has 0 atom stereocenters. The number of esters is 1. The highest BCUT2D eigenvalue weighted by Crippen LogP contribution is 2.23. The SMILES string of the molecule is CCOC(=O)Cc1c(Br)cncc1NC. The van der Waals surface area contributed by atoms with Crippen molar-refractivity contribution >= 4 is 27.6 Å². The number of hydrogen-bond donors (Lipinski definition) is 1. The second-order valence-corrected chi connectivity index (χ2v) is 3.73. The molecule has 1 rings (SSSR count). The largest absolute Gasteiger partial charge is 0.466 e. The quantitative estimate of drug-likeness (QED) is 0.852. The Bertz CT molecular complexity index is 355. The number of halogens is 1. The zero-order valence-corrected chi connectivity index (χ0v) is 10.3. The summed E-state index contributed by atoms with van der Waals surface area (Å²) in [6, 6.07) is 0. The Morgan fingerprint density at radius 2 is 2.33 bits per heavy atom. The predicted octanol–water partition coefficient (Wildman–Crippen LogP) is 1.99. The fourth-order valence-electron chi connectivity index (χ4n) is 1.21. The van der Waals surface area contributed by atoms with Crippen LogP contribution < -0.4 is 5.32 Å². The monoisotopic (exact) mass is 272 g/mol. The summed E-state index contributed by atoms with van der Waals surface area (Å²) in [6.07, 6.45) is 3.59. The summed E-state index contributed by atoms with van der Waals surface area (Å²) in [4.78, 5) is 15.3. The van der Waals surface area contributed by atoms with Crippen molar-refractivity contribution < 1.29 is 9.53 Å². The van der Waals surface area contributed by atoms with E-state index < -0.39 is 0 Å². The summed E-state index contributed by atoms with van der Waals surface area (Å²) < 4.78 is 5.70. The maximum atomic E-state index is 11.3. The van der Waals surface area contributed by atoms with Crippen molar-refractivity contribution in [2.45, 2.75) is 13.3 Å². The van der Waals surface area contributed by atoms with Crippen LogP contribution in [0.1, 0.15) is 12.5 Å². The molecule has 0 aliphatic rings. The molecule has 0 saturated heterocycles. The van der Waals surface area contributed by atoms with Gasteiger partial charge in [-0.2, -0.15) is 0 Å². The molecule has 0 aliphatic carbocycles. The number of nitrogens with one attached hydrogen (secondary N) is 1. The van der Waals surface area contributed by atoms with Crippen LogP contribution in [0, 0.1) is 0 Å². The van der Waals surface area contributed by atoms with Gasteiger partial charge >= 0.3 is 5.97 Å². The highest BCUT2D eigenvalue weighted by Gasteiger charge is 2.11. The Balaban J connectivity index is 2.87. The smallest absolute Gasteiger partial charge is 0.310 e. The number of anilines is 1. The molecule has 0 fully saturated rings. The molecule has 82 valence electrons. The number of pyridine rings is 1. The van der Waals surface area contributed by atoms with Crippen molar-refractivity contribution in [1.29, 1.82) is 0 Å². The van der Waals surface area contributed by atoms with Crippen LogP contribution >= 0.6 is 15.9 Å². The number of hydrogen-bond acceptors (Lipinski definition) is 4. The number of nitrogens with zero attached hydrogens (tertiary/aromatic N) is 1. The van der Waals surface area contributed by atoms with Crippen LogP contribution in [0.25, 0.3) is 0 Å². The Labute approximate surface area is 97.2 Å². The molecule has 1 N–H and O–H groups in total. The molecule has 1 aromatic rings. The number of ether oxygens (including phenoxy) is 1. The molecule has 0 amide bonds. The second kappa shape index (κ2) is 5.70. The van der Waals surface area contributed by atoms with Gasteiger partial charge in [0.15, 0.2) is 0 Å². The van der Waals surface area contributed by atoms with Crippen molar-refractivity contribution in [3.05, 3.63) is 22.4 Å². The zero-order valence-electron chi connectivity index (χ0n) is 8.71. The van der Waals surface area contributed by atoms with Crippen molar-refractivity contribution in [1.82, 2.24) is 4.98 Å². The van der Waals surface area contributed by atoms with Gasteiger partial charge < -0.3 is 10.1 Å². The van der Waals surface area contributed by atoms with Crippen LogP contribution in [0.4, 0.5) is 5.69 Å². The molecule has 0 unspecified atom stereocenters. The third kappa shape index (κ3) is 3.20. The fraction of sp³-hybridized carbons (Fsp3) is 0.400. The Hall–Kier alpha value is -1.10. The molecule has 0 bridgehead atoms. The maximum absolute atomic E-state index is 11.3. The first-order valence-electron chi connectivity index (χ1n) is 4.64. The average molecular weight is 273 g/mol. The molecule has 5 heteroatoms. The van der Waals surface area contributed by atoms with E-state index in [0.29, 0.717) is 6.61 Å². The Morgan fingerprint density at radius 3 is 2.93 bits per heavy atom. The third-order valence-electron chi connectivity index (χ3n) is 1.90. The lowest BCUT2D eigenvalue weighted by atomic mass is 10.1. The molecule has 0 radical (unpaired) electrons. The lowest BCUT2D eigenvalue weighted by molar-refractivity contribution is -0.142. The number of carbonyl (C=O) groups excluding carboxylic acids is 1. The van der Waals surface area contributed by atoms with Crippen LogP contribution in [0.5, 0.6) is 0 Å². The van der Waals surface area contributed by atoms with Gasteiger partial charge in [0, 0.05) is 23.3 Å².